The van der Waals surface area contributed by atoms with Crippen LogP contribution in [-0.4, -0.2) is 50.3 Å². The summed E-state index contributed by atoms with van der Waals surface area (Å²) in [6.45, 7) is 7.63. The monoisotopic (exact) mass is 220 g/mol. The van der Waals surface area contributed by atoms with Crippen molar-refractivity contribution in [3.8, 4) is 0 Å². The van der Waals surface area contributed by atoms with Crippen LogP contribution in [0.5, 0.6) is 0 Å². The van der Waals surface area contributed by atoms with Crippen molar-refractivity contribution in [2.24, 2.45) is 0 Å². The largest absolute Gasteiger partial charge is 0.394 e. The van der Waals surface area contributed by atoms with Crippen molar-refractivity contribution in [1.29, 1.82) is 0 Å². The van der Waals surface area contributed by atoms with E-state index < -0.39 is 0 Å². The molecule has 1 unspecified atom stereocenters. The molecule has 0 saturated heterocycles. The lowest BCUT2D eigenvalue weighted by Crippen LogP contribution is -2.33. The molecule has 0 amide bonds. The number of aliphatic hydroxyl groups excluding tert-OH is 1. The van der Waals surface area contributed by atoms with E-state index in [0.29, 0.717) is 19.8 Å². The van der Waals surface area contributed by atoms with Crippen molar-refractivity contribution < 1.29 is 19.3 Å². The Kier molecular flexibility index (Phi) is 7.96. The van der Waals surface area contributed by atoms with Crippen molar-refractivity contribution in [3.63, 3.8) is 0 Å². The highest BCUT2D eigenvalue weighted by Gasteiger charge is 2.17. The fourth-order valence-corrected chi connectivity index (χ4v) is 1.14. The maximum absolute atomic E-state index is 9.06. The average molecular weight is 220 g/mol. The number of ether oxygens (including phenoxy) is 3. The summed E-state index contributed by atoms with van der Waals surface area (Å²) in [5, 5.41) is 9.06. The Hall–Kier alpha value is -0.160. The van der Waals surface area contributed by atoms with E-state index in [0.717, 1.165) is 6.42 Å². The molecule has 0 heterocycles. The molecule has 0 fully saturated rings. The smallest absolute Gasteiger partial charge is 0.105 e. The van der Waals surface area contributed by atoms with Gasteiger partial charge in [-0.2, -0.15) is 0 Å². The Morgan fingerprint density at radius 3 is 2.33 bits per heavy atom. The highest BCUT2D eigenvalue weighted by molar-refractivity contribution is 4.65. The van der Waals surface area contributed by atoms with Crippen LogP contribution in [0.15, 0.2) is 0 Å². The number of methoxy groups -OCH3 is 1. The first kappa shape index (κ1) is 14.8. The second-order valence-corrected chi connectivity index (χ2v) is 4.46. The summed E-state index contributed by atoms with van der Waals surface area (Å²) in [5.41, 5.74) is -0.247. The summed E-state index contributed by atoms with van der Waals surface area (Å²) in [6.07, 6.45) is 0.622. The summed E-state index contributed by atoms with van der Waals surface area (Å²) >= 11 is 0. The van der Waals surface area contributed by atoms with Gasteiger partial charge in [-0.1, -0.05) is 0 Å². The Morgan fingerprint density at radius 1 is 1.20 bits per heavy atom. The Labute approximate surface area is 92.5 Å². The predicted molar refractivity (Wildman–Crippen MR) is 59.0 cm³/mol. The third kappa shape index (κ3) is 10.1. The SMILES string of the molecule is COCCCOCC(CO)OC(C)(C)C. The van der Waals surface area contributed by atoms with Crippen LogP contribution in [-0.2, 0) is 14.2 Å². The highest BCUT2D eigenvalue weighted by atomic mass is 16.6. The maximum atomic E-state index is 9.06. The molecule has 0 saturated carbocycles. The molecule has 0 aliphatic carbocycles. The molecule has 4 heteroatoms. The molecule has 0 aromatic carbocycles. The number of hydrogen-bond acceptors (Lipinski definition) is 4. The van der Waals surface area contributed by atoms with E-state index in [1.54, 1.807) is 7.11 Å². The summed E-state index contributed by atoms with van der Waals surface area (Å²) in [5.74, 6) is 0. The van der Waals surface area contributed by atoms with E-state index in [4.69, 9.17) is 19.3 Å². The van der Waals surface area contributed by atoms with Gasteiger partial charge in [0.2, 0.25) is 0 Å². The number of hydrogen-bond donors (Lipinski definition) is 1. The predicted octanol–water partition coefficient (Wildman–Crippen LogP) is 1.22. The Morgan fingerprint density at radius 2 is 1.87 bits per heavy atom. The maximum Gasteiger partial charge on any atom is 0.105 e. The average Bonchev–Trinajstić information content (AvgIpc) is 2.14. The summed E-state index contributed by atoms with van der Waals surface area (Å²) < 4.78 is 15.9. The Balaban J connectivity index is 3.53. The molecule has 0 aliphatic rings. The lowest BCUT2D eigenvalue weighted by Gasteiger charge is -2.26. The molecule has 0 aromatic heterocycles. The van der Waals surface area contributed by atoms with Crippen LogP contribution < -0.4 is 0 Å². The van der Waals surface area contributed by atoms with Crippen LogP contribution in [0.25, 0.3) is 0 Å². The van der Waals surface area contributed by atoms with Crippen LogP contribution in [0.2, 0.25) is 0 Å². The van der Waals surface area contributed by atoms with Crippen molar-refractivity contribution in [2.45, 2.75) is 38.9 Å². The standard InChI is InChI=1S/C11H24O4/c1-11(2,3)15-10(8-12)9-14-7-5-6-13-4/h10,12H,5-9H2,1-4H3. The molecule has 92 valence electrons. The molecule has 0 aromatic rings. The summed E-state index contributed by atoms with van der Waals surface area (Å²) in [7, 11) is 1.67. The van der Waals surface area contributed by atoms with Gasteiger partial charge < -0.3 is 19.3 Å². The van der Waals surface area contributed by atoms with Crippen LogP contribution in [0.3, 0.4) is 0 Å². The van der Waals surface area contributed by atoms with Gasteiger partial charge in [0.1, 0.15) is 6.10 Å². The minimum absolute atomic E-state index is 0.0124. The van der Waals surface area contributed by atoms with Crippen molar-refractivity contribution in [3.05, 3.63) is 0 Å². The molecule has 4 nitrogen and oxygen atoms in total. The lowest BCUT2D eigenvalue weighted by atomic mass is 10.2. The van der Waals surface area contributed by atoms with Gasteiger partial charge >= 0.3 is 0 Å². The van der Waals surface area contributed by atoms with Crippen LogP contribution >= 0.6 is 0 Å². The van der Waals surface area contributed by atoms with E-state index in [-0.39, 0.29) is 18.3 Å². The fourth-order valence-electron chi connectivity index (χ4n) is 1.14. The third-order valence-corrected chi connectivity index (χ3v) is 1.66. The van der Waals surface area contributed by atoms with Gasteiger partial charge in [-0.05, 0) is 27.2 Å². The van der Waals surface area contributed by atoms with Gasteiger partial charge in [-0.3, -0.25) is 0 Å². The van der Waals surface area contributed by atoms with Gasteiger partial charge in [0.15, 0.2) is 0 Å². The normalized spacial score (nSPS) is 14.2. The van der Waals surface area contributed by atoms with Gasteiger partial charge in [0.25, 0.3) is 0 Å². The first-order valence-electron chi connectivity index (χ1n) is 5.35. The second-order valence-electron chi connectivity index (χ2n) is 4.46. The molecule has 0 spiro atoms. The zero-order valence-corrected chi connectivity index (χ0v) is 10.3. The van der Waals surface area contributed by atoms with Crippen molar-refractivity contribution in [1.82, 2.24) is 0 Å². The number of aliphatic hydroxyl groups is 1. The molecule has 0 radical (unpaired) electrons. The molecule has 1 N–H and O–H groups in total. The molecular weight excluding hydrogens is 196 g/mol. The van der Waals surface area contributed by atoms with Gasteiger partial charge in [0, 0.05) is 20.3 Å². The fraction of sp³-hybridized carbons (Fsp3) is 1.00. The van der Waals surface area contributed by atoms with Crippen LogP contribution in [0, 0.1) is 0 Å². The molecule has 0 rings (SSSR count). The van der Waals surface area contributed by atoms with E-state index in [1.165, 1.54) is 0 Å². The zero-order chi connectivity index (χ0) is 11.7. The van der Waals surface area contributed by atoms with Crippen molar-refractivity contribution in [2.75, 3.05) is 33.5 Å². The number of rotatable bonds is 8. The molecule has 0 aliphatic heterocycles. The quantitative estimate of drug-likeness (QED) is 0.625. The third-order valence-electron chi connectivity index (χ3n) is 1.66. The molecule has 1 atom stereocenters. The highest BCUT2D eigenvalue weighted by Crippen LogP contribution is 2.10. The van der Waals surface area contributed by atoms with Gasteiger partial charge in [0.05, 0.1) is 18.8 Å². The topological polar surface area (TPSA) is 47.9 Å². The molecular formula is C11H24O4. The van der Waals surface area contributed by atoms with Crippen molar-refractivity contribution >= 4 is 0 Å². The summed E-state index contributed by atoms with van der Waals surface area (Å²) in [6, 6.07) is 0. The van der Waals surface area contributed by atoms with E-state index in [1.807, 2.05) is 20.8 Å². The van der Waals surface area contributed by atoms with E-state index >= 15 is 0 Å². The van der Waals surface area contributed by atoms with Crippen LogP contribution in [0.4, 0.5) is 0 Å². The Bertz CT molecular complexity index is 142. The summed E-state index contributed by atoms with van der Waals surface area (Å²) in [4.78, 5) is 0. The van der Waals surface area contributed by atoms with E-state index in [9.17, 15) is 0 Å². The van der Waals surface area contributed by atoms with Crippen LogP contribution in [0.1, 0.15) is 27.2 Å². The van der Waals surface area contributed by atoms with Gasteiger partial charge in [-0.15, -0.1) is 0 Å². The first-order valence-corrected chi connectivity index (χ1v) is 5.35. The first-order chi connectivity index (χ1) is 6.99. The lowest BCUT2D eigenvalue weighted by molar-refractivity contribution is -0.110. The minimum atomic E-state index is -0.247. The minimum Gasteiger partial charge on any atom is -0.394 e. The molecule has 15 heavy (non-hydrogen) atoms. The second kappa shape index (κ2) is 8.05. The molecule has 0 bridgehead atoms. The van der Waals surface area contributed by atoms with Gasteiger partial charge in [-0.25, -0.2) is 0 Å². The van der Waals surface area contributed by atoms with E-state index in [2.05, 4.69) is 0 Å². The zero-order valence-electron chi connectivity index (χ0n) is 10.3.